The van der Waals surface area contributed by atoms with Gasteiger partial charge < -0.3 is 15.3 Å². The third-order valence-corrected chi connectivity index (χ3v) is 3.76. The molecule has 1 aromatic rings. The van der Waals surface area contributed by atoms with E-state index in [2.05, 4.69) is 5.32 Å². The van der Waals surface area contributed by atoms with Crippen molar-refractivity contribution in [2.24, 2.45) is 0 Å². The van der Waals surface area contributed by atoms with Gasteiger partial charge in [0.2, 0.25) is 11.8 Å². The van der Waals surface area contributed by atoms with Gasteiger partial charge in [0, 0.05) is 6.54 Å². The van der Waals surface area contributed by atoms with E-state index in [1.165, 1.54) is 0 Å². The minimum Gasteiger partial charge on any atom is -0.480 e. The summed E-state index contributed by atoms with van der Waals surface area (Å²) in [4.78, 5) is 36.7. The highest BCUT2D eigenvalue weighted by molar-refractivity contribution is 5.95. The lowest BCUT2D eigenvalue weighted by atomic mass is 9.82. The van der Waals surface area contributed by atoms with Crippen LogP contribution in [0.3, 0.4) is 0 Å². The summed E-state index contributed by atoms with van der Waals surface area (Å²) in [7, 11) is 0. The molecule has 6 nitrogen and oxygen atoms in total. The van der Waals surface area contributed by atoms with E-state index in [4.69, 9.17) is 0 Å². The van der Waals surface area contributed by atoms with E-state index in [-0.39, 0.29) is 24.9 Å². The summed E-state index contributed by atoms with van der Waals surface area (Å²) in [6, 6.07) is 8.09. The Morgan fingerprint density at radius 1 is 1.29 bits per heavy atom. The van der Waals surface area contributed by atoms with Crippen LogP contribution in [0.2, 0.25) is 0 Å². The normalized spacial score (nSPS) is 19.0. The fraction of sp³-hybridized carbons (Fsp3) is 0.400. The van der Waals surface area contributed by atoms with Crippen LogP contribution in [0.4, 0.5) is 0 Å². The number of piperazine rings is 1. The molecule has 6 heteroatoms. The lowest BCUT2D eigenvalue weighted by Crippen LogP contribution is -2.62. The first-order chi connectivity index (χ1) is 9.84. The molecule has 2 N–H and O–H groups in total. The van der Waals surface area contributed by atoms with Crippen LogP contribution in [0.15, 0.2) is 30.3 Å². The van der Waals surface area contributed by atoms with E-state index in [1.54, 1.807) is 13.8 Å². The van der Waals surface area contributed by atoms with E-state index in [0.717, 1.165) is 10.5 Å². The molecule has 1 aliphatic heterocycles. The Morgan fingerprint density at radius 3 is 2.48 bits per heavy atom. The molecule has 1 aromatic carbocycles. The number of hydrogen-bond donors (Lipinski definition) is 2. The van der Waals surface area contributed by atoms with Crippen molar-refractivity contribution in [1.82, 2.24) is 10.2 Å². The zero-order valence-corrected chi connectivity index (χ0v) is 12.0. The molecule has 0 aromatic heterocycles. The van der Waals surface area contributed by atoms with Crippen LogP contribution in [0.5, 0.6) is 0 Å². The first-order valence-electron chi connectivity index (χ1n) is 6.70. The van der Waals surface area contributed by atoms with Gasteiger partial charge in [-0.3, -0.25) is 9.59 Å². The average Bonchev–Trinajstić information content (AvgIpc) is 2.46. The summed E-state index contributed by atoms with van der Waals surface area (Å²) in [6.07, 6.45) is 0. The summed E-state index contributed by atoms with van der Waals surface area (Å²) in [6.45, 7) is 3.17. The quantitative estimate of drug-likeness (QED) is 0.842. The maximum absolute atomic E-state index is 12.8. The molecule has 0 saturated carbocycles. The van der Waals surface area contributed by atoms with Crippen LogP contribution < -0.4 is 5.32 Å². The predicted octanol–water partition coefficient (Wildman–Crippen LogP) is 0.376. The van der Waals surface area contributed by atoms with Crippen molar-refractivity contribution in [3.63, 3.8) is 0 Å². The summed E-state index contributed by atoms with van der Waals surface area (Å²) >= 11 is 0. The molecule has 1 heterocycles. The fourth-order valence-corrected chi connectivity index (χ4v) is 2.41. The number of carbonyl (C=O) groups is 3. The van der Waals surface area contributed by atoms with Crippen molar-refractivity contribution in [1.29, 1.82) is 0 Å². The SMILES string of the molecule is CC(C)(C(=O)N1CC(=O)NCC1C(=O)O)c1ccccc1. The number of carboxylic acid groups (broad SMARTS) is 1. The molecule has 112 valence electrons. The Kier molecular flexibility index (Phi) is 3.97. The van der Waals surface area contributed by atoms with Crippen molar-refractivity contribution < 1.29 is 19.5 Å². The van der Waals surface area contributed by atoms with E-state index >= 15 is 0 Å². The molecule has 0 bridgehead atoms. The van der Waals surface area contributed by atoms with Gasteiger partial charge in [-0.1, -0.05) is 30.3 Å². The Bertz CT molecular complexity index is 568. The molecular weight excluding hydrogens is 272 g/mol. The molecule has 21 heavy (non-hydrogen) atoms. The molecule has 1 aliphatic rings. The maximum atomic E-state index is 12.8. The maximum Gasteiger partial charge on any atom is 0.328 e. The largest absolute Gasteiger partial charge is 0.480 e. The van der Waals surface area contributed by atoms with Crippen LogP contribution in [0.25, 0.3) is 0 Å². The molecule has 1 fully saturated rings. The molecule has 2 rings (SSSR count). The fourth-order valence-electron chi connectivity index (χ4n) is 2.41. The molecular formula is C15H18N2O4. The van der Waals surface area contributed by atoms with Gasteiger partial charge in [-0.15, -0.1) is 0 Å². The number of nitrogens with zero attached hydrogens (tertiary/aromatic N) is 1. The Morgan fingerprint density at radius 2 is 1.90 bits per heavy atom. The summed E-state index contributed by atoms with van der Waals surface area (Å²) < 4.78 is 0. The van der Waals surface area contributed by atoms with Crippen LogP contribution >= 0.6 is 0 Å². The zero-order valence-electron chi connectivity index (χ0n) is 12.0. The van der Waals surface area contributed by atoms with Gasteiger partial charge in [0.25, 0.3) is 0 Å². The Balaban J connectivity index is 2.32. The van der Waals surface area contributed by atoms with E-state index < -0.39 is 17.4 Å². The second-order valence-corrected chi connectivity index (χ2v) is 5.58. The number of rotatable bonds is 3. The molecule has 0 spiro atoms. The van der Waals surface area contributed by atoms with E-state index in [9.17, 15) is 19.5 Å². The van der Waals surface area contributed by atoms with Gasteiger partial charge in [0.15, 0.2) is 0 Å². The predicted molar refractivity (Wildman–Crippen MR) is 75.6 cm³/mol. The van der Waals surface area contributed by atoms with Crippen LogP contribution in [-0.2, 0) is 19.8 Å². The standard InChI is InChI=1S/C15H18N2O4/c1-15(2,10-6-4-3-5-7-10)14(21)17-9-12(18)16-8-11(17)13(19)20/h3-7,11H,8-9H2,1-2H3,(H,16,18)(H,19,20). The first-order valence-corrected chi connectivity index (χ1v) is 6.70. The summed E-state index contributed by atoms with van der Waals surface area (Å²) in [5.74, 6) is -1.83. The lowest BCUT2D eigenvalue weighted by molar-refractivity contribution is -0.156. The van der Waals surface area contributed by atoms with Crippen LogP contribution in [0.1, 0.15) is 19.4 Å². The third kappa shape index (κ3) is 2.89. The third-order valence-electron chi connectivity index (χ3n) is 3.76. The minimum absolute atomic E-state index is 0.0647. The number of amides is 2. The van der Waals surface area contributed by atoms with Crippen molar-refractivity contribution in [3.05, 3.63) is 35.9 Å². The highest BCUT2D eigenvalue weighted by Gasteiger charge is 2.42. The molecule has 0 aliphatic carbocycles. The lowest BCUT2D eigenvalue weighted by Gasteiger charge is -2.38. The molecule has 1 saturated heterocycles. The molecule has 1 unspecified atom stereocenters. The Labute approximate surface area is 122 Å². The minimum atomic E-state index is -1.12. The number of carboxylic acids is 1. The van der Waals surface area contributed by atoms with Crippen molar-refractivity contribution in [3.8, 4) is 0 Å². The first kappa shape index (κ1) is 15.0. The van der Waals surface area contributed by atoms with Crippen LogP contribution in [-0.4, -0.2) is 46.9 Å². The van der Waals surface area contributed by atoms with Crippen molar-refractivity contribution >= 4 is 17.8 Å². The highest BCUT2D eigenvalue weighted by atomic mass is 16.4. The smallest absolute Gasteiger partial charge is 0.328 e. The molecule has 1 atom stereocenters. The average molecular weight is 290 g/mol. The van der Waals surface area contributed by atoms with Gasteiger partial charge in [0.1, 0.15) is 12.6 Å². The molecule has 0 radical (unpaired) electrons. The number of nitrogens with one attached hydrogen (secondary N) is 1. The monoisotopic (exact) mass is 290 g/mol. The highest BCUT2D eigenvalue weighted by Crippen LogP contribution is 2.27. The molecule has 2 amide bonds. The van der Waals surface area contributed by atoms with E-state index in [0.29, 0.717) is 0 Å². The summed E-state index contributed by atoms with van der Waals surface area (Å²) in [5, 5.41) is 11.7. The van der Waals surface area contributed by atoms with Gasteiger partial charge in [-0.25, -0.2) is 4.79 Å². The van der Waals surface area contributed by atoms with Crippen molar-refractivity contribution in [2.45, 2.75) is 25.3 Å². The second kappa shape index (κ2) is 5.55. The van der Waals surface area contributed by atoms with Gasteiger partial charge in [-0.2, -0.15) is 0 Å². The summed E-state index contributed by atoms with van der Waals surface area (Å²) in [5.41, 5.74) is -0.114. The van der Waals surface area contributed by atoms with E-state index in [1.807, 2.05) is 30.3 Å². The number of aliphatic carboxylic acids is 1. The second-order valence-electron chi connectivity index (χ2n) is 5.58. The topological polar surface area (TPSA) is 86.7 Å². The van der Waals surface area contributed by atoms with Gasteiger partial charge >= 0.3 is 5.97 Å². The van der Waals surface area contributed by atoms with Gasteiger partial charge in [-0.05, 0) is 19.4 Å². The number of benzene rings is 1. The van der Waals surface area contributed by atoms with Crippen LogP contribution in [0, 0.1) is 0 Å². The Hall–Kier alpha value is -2.37. The number of carbonyl (C=O) groups excluding carboxylic acids is 2. The van der Waals surface area contributed by atoms with Crippen molar-refractivity contribution in [2.75, 3.05) is 13.1 Å². The number of hydrogen-bond acceptors (Lipinski definition) is 3. The zero-order chi connectivity index (χ0) is 15.6. The van der Waals surface area contributed by atoms with Gasteiger partial charge in [0.05, 0.1) is 5.41 Å².